The van der Waals surface area contributed by atoms with Gasteiger partial charge in [0.25, 0.3) is 0 Å². The van der Waals surface area contributed by atoms with Gasteiger partial charge >= 0.3 is 0 Å². The molecule has 1 aromatic heterocycles. The Labute approximate surface area is 184 Å². The summed E-state index contributed by atoms with van der Waals surface area (Å²) in [5.41, 5.74) is 0. The van der Waals surface area contributed by atoms with Crippen LogP contribution in [0.15, 0.2) is 4.99 Å². The largest absolute Gasteiger partial charge is 0.383 e. The number of aryl methyl sites for hydroxylation is 1. The van der Waals surface area contributed by atoms with Crippen LogP contribution in [0.25, 0.3) is 0 Å². The Bertz CT molecular complexity index is 621. The molecule has 2 N–H and O–H groups in total. The molecule has 0 spiro atoms. The Hall–Kier alpha value is -0.980. The minimum atomic E-state index is 0. The van der Waals surface area contributed by atoms with Crippen LogP contribution in [-0.4, -0.2) is 85.2 Å². The number of guanidine groups is 1. The second-order valence-corrected chi connectivity index (χ2v) is 7.20. The Morgan fingerprint density at radius 3 is 2.75 bits per heavy atom. The van der Waals surface area contributed by atoms with E-state index in [-0.39, 0.29) is 24.0 Å². The lowest BCUT2D eigenvalue weighted by atomic mass is 10.1. The predicted octanol–water partition coefficient (Wildman–Crippen LogP) is 0.633. The molecule has 2 aliphatic rings. The van der Waals surface area contributed by atoms with E-state index in [1.165, 1.54) is 12.8 Å². The first-order chi connectivity index (χ1) is 13.2. The maximum atomic E-state index is 5.23. The number of hydrogen-bond donors (Lipinski definition) is 2. The molecule has 9 nitrogen and oxygen atoms in total. The number of methoxy groups -OCH3 is 2. The number of fused-ring (bicyclic) bond motifs is 1. The molecule has 3 rings (SSSR count). The van der Waals surface area contributed by atoms with Crippen molar-refractivity contribution in [1.82, 2.24) is 30.3 Å². The molecule has 28 heavy (non-hydrogen) atoms. The molecule has 0 aromatic carbocycles. The lowest BCUT2D eigenvalue weighted by molar-refractivity contribution is 0.144. The van der Waals surface area contributed by atoms with Crippen LogP contribution in [0.1, 0.15) is 30.9 Å². The van der Waals surface area contributed by atoms with Crippen molar-refractivity contribution in [3.8, 4) is 0 Å². The van der Waals surface area contributed by atoms with Gasteiger partial charge in [-0.2, -0.15) is 5.10 Å². The molecule has 0 bridgehead atoms. The number of hydrogen-bond acceptors (Lipinski definition) is 6. The maximum absolute atomic E-state index is 5.23. The SMILES string of the molecule is CN=C(NCCN(CCOC)C1CC1)NC1CCc2nc(COC)nn2C1.I. The predicted molar refractivity (Wildman–Crippen MR) is 119 cm³/mol. The van der Waals surface area contributed by atoms with Crippen LogP contribution in [0.2, 0.25) is 0 Å². The van der Waals surface area contributed by atoms with Gasteiger partial charge in [0.15, 0.2) is 11.8 Å². The lowest BCUT2D eigenvalue weighted by Gasteiger charge is -2.26. The zero-order valence-corrected chi connectivity index (χ0v) is 19.5. The van der Waals surface area contributed by atoms with E-state index >= 15 is 0 Å². The average Bonchev–Trinajstić information content (AvgIpc) is 3.43. The lowest BCUT2D eigenvalue weighted by Crippen LogP contribution is -2.48. The van der Waals surface area contributed by atoms with Gasteiger partial charge in [0.2, 0.25) is 0 Å². The summed E-state index contributed by atoms with van der Waals surface area (Å²) in [5, 5.41) is 11.5. The first-order valence-electron chi connectivity index (χ1n) is 9.85. The first-order valence-corrected chi connectivity index (χ1v) is 9.85. The topological polar surface area (TPSA) is 88.8 Å². The van der Waals surface area contributed by atoms with Gasteiger partial charge in [-0.25, -0.2) is 9.67 Å². The molecule has 1 saturated carbocycles. The standard InChI is InChI=1S/C18H33N7O2.HI/c1-19-18(20-8-9-24(10-11-26-2)15-5-6-15)21-14-4-7-17-22-16(13-27-3)23-25(17)12-14;/h14-15H,4-13H2,1-3H3,(H2,19,20,21);1H. The monoisotopic (exact) mass is 507 g/mol. The Morgan fingerprint density at radius 1 is 1.25 bits per heavy atom. The number of rotatable bonds is 10. The molecule has 0 saturated heterocycles. The molecule has 1 unspecified atom stereocenters. The van der Waals surface area contributed by atoms with Gasteiger partial charge in [-0.05, 0) is 19.3 Å². The van der Waals surface area contributed by atoms with Crippen molar-refractivity contribution < 1.29 is 9.47 Å². The molecule has 1 fully saturated rings. The van der Waals surface area contributed by atoms with Crippen molar-refractivity contribution in [1.29, 1.82) is 0 Å². The van der Waals surface area contributed by atoms with E-state index in [0.717, 1.165) is 69.3 Å². The third-order valence-corrected chi connectivity index (χ3v) is 5.08. The highest BCUT2D eigenvalue weighted by Crippen LogP contribution is 2.25. The van der Waals surface area contributed by atoms with E-state index in [2.05, 4.69) is 30.6 Å². The van der Waals surface area contributed by atoms with Crippen LogP contribution < -0.4 is 10.6 Å². The maximum Gasteiger partial charge on any atom is 0.191 e. The third kappa shape index (κ3) is 6.82. The van der Waals surface area contributed by atoms with Crippen molar-refractivity contribution in [2.45, 2.75) is 50.9 Å². The molecule has 1 atom stereocenters. The van der Waals surface area contributed by atoms with Crippen molar-refractivity contribution >= 4 is 29.9 Å². The second-order valence-electron chi connectivity index (χ2n) is 7.20. The minimum absolute atomic E-state index is 0. The fourth-order valence-electron chi connectivity index (χ4n) is 3.50. The summed E-state index contributed by atoms with van der Waals surface area (Å²) in [4.78, 5) is 11.4. The Balaban J connectivity index is 0.00000280. The summed E-state index contributed by atoms with van der Waals surface area (Å²) in [7, 11) is 5.25. The number of halogens is 1. The number of ether oxygens (including phenoxy) is 2. The van der Waals surface area contributed by atoms with Crippen LogP contribution in [0.4, 0.5) is 0 Å². The molecular formula is C18H34IN7O2. The summed E-state index contributed by atoms with van der Waals surface area (Å²) in [5.74, 6) is 2.65. The van der Waals surface area contributed by atoms with Crippen molar-refractivity contribution in [2.24, 2.45) is 4.99 Å². The second kappa shape index (κ2) is 11.9. The van der Waals surface area contributed by atoms with E-state index < -0.39 is 0 Å². The fraction of sp³-hybridized carbons (Fsp3) is 0.833. The summed E-state index contributed by atoms with van der Waals surface area (Å²) in [6, 6.07) is 1.04. The number of nitrogens with one attached hydrogen (secondary N) is 2. The first kappa shape index (κ1) is 23.3. The van der Waals surface area contributed by atoms with Gasteiger partial charge in [-0.15, -0.1) is 24.0 Å². The van der Waals surface area contributed by atoms with Gasteiger partial charge in [0, 0.05) is 59.4 Å². The normalized spacial score (nSPS) is 19.3. The summed E-state index contributed by atoms with van der Waals surface area (Å²) in [6.07, 6.45) is 4.56. The van der Waals surface area contributed by atoms with Crippen LogP contribution >= 0.6 is 24.0 Å². The van der Waals surface area contributed by atoms with E-state index in [1.54, 1.807) is 14.2 Å². The van der Waals surface area contributed by atoms with Gasteiger partial charge in [0.05, 0.1) is 13.2 Å². The highest BCUT2D eigenvalue weighted by atomic mass is 127. The highest BCUT2D eigenvalue weighted by molar-refractivity contribution is 14.0. The summed E-state index contributed by atoms with van der Waals surface area (Å²) in [6.45, 7) is 4.93. The summed E-state index contributed by atoms with van der Waals surface area (Å²) >= 11 is 0. The third-order valence-electron chi connectivity index (χ3n) is 5.08. The molecular weight excluding hydrogens is 473 g/mol. The zero-order valence-electron chi connectivity index (χ0n) is 17.2. The summed E-state index contributed by atoms with van der Waals surface area (Å²) < 4.78 is 12.3. The molecule has 0 amide bonds. The molecule has 1 aliphatic heterocycles. The highest BCUT2D eigenvalue weighted by Gasteiger charge is 2.28. The van der Waals surface area contributed by atoms with Gasteiger partial charge in [0.1, 0.15) is 12.4 Å². The molecule has 1 aliphatic carbocycles. The van der Waals surface area contributed by atoms with E-state index in [0.29, 0.717) is 12.6 Å². The van der Waals surface area contributed by atoms with Crippen molar-refractivity contribution in [2.75, 3.05) is 47.5 Å². The quantitative estimate of drug-likeness (QED) is 0.273. The van der Waals surface area contributed by atoms with Crippen molar-refractivity contribution in [3.63, 3.8) is 0 Å². The Kier molecular flexibility index (Phi) is 9.89. The molecule has 10 heteroatoms. The van der Waals surface area contributed by atoms with Gasteiger partial charge in [-0.1, -0.05) is 0 Å². The van der Waals surface area contributed by atoms with Crippen LogP contribution in [-0.2, 0) is 29.0 Å². The zero-order chi connectivity index (χ0) is 19.1. The number of aromatic nitrogens is 3. The van der Waals surface area contributed by atoms with E-state index in [1.807, 2.05) is 11.7 Å². The Morgan fingerprint density at radius 2 is 2.07 bits per heavy atom. The van der Waals surface area contributed by atoms with Crippen LogP contribution in [0, 0.1) is 0 Å². The van der Waals surface area contributed by atoms with Crippen LogP contribution in [0.3, 0.4) is 0 Å². The van der Waals surface area contributed by atoms with Crippen LogP contribution in [0.5, 0.6) is 0 Å². The van der Waals surface area contributed by atoms with Gasteiger partial charge in [-0.3, -0.25) is 9.89 Å². The van der Waals surface area contributed by atoms with E-state index in [9.17, 15) is 0 Å². The number of aliphatic imine (C=N–C) groups is 1. The average molecular weight is 507 g/mol. The van der Waals surface area contributed by atoms with Gasteiger partial charge < -0.3 is 20.1 Å². The molecule has 2 heterocycles. The van der Waals surface area contributed by atoms with Crippen molar-refractivity contribution in [3.05, 3.63) is 11.6 Å². The molecule has 1 aromatic rings. The smallest absolute Gasteiger partial charge is 0.191 e. The number of nitrogens with zero attached hydrogens (tertiary/aromatic N) is 5. The minimum Gasteiger partial charge on any atom is -0.383 e. The molecule has 160 valence electrons. The fourth-order valence-corrected chi connectivity index (χ4v) is 3.50. The van der Waals surface area contributed by atoms with E-state index in [4.69, 9.17) is 9.47 Å². The molecule has 0 radical (unpaired) electrons.